The van der Waals surface area contributed by atoms with Gasteiger partial charge in [-0.1, -0.05) is 13.8 Å². The molecule has 18 heavy (non-hydrogen) atoms. The predicted octanol–water partition coefficient (Wildman–Crippen LogP) is 3.11. The smallest absolute Gasteiger partial charge is 0.203 e. The first-order chi connectivity index (χ1) is 8.66. The van der Waals surface area contributed by atoms with Crippen molar-refractivity contribution in [3.05, 3.63) is 42.5 Å². The fraction of sp³-hybridized carbons (Fsp3) is 0.429. The van der Waals surface area contributed by atoms with Crippen molar-refractivity contribution >= 4 is 5.95 Å². The molecule has 2 aromatic heterocycles. The van der Waals surface area contributed by atoms with Crippen molar-refractivity contribution in [3.63, 3.8) is 0 Å². The number of rotatable bonds is 5. The van der Waals surface area contributed by atoms with Crippen LogP contribution in [0.2, 0.25) is 0 Å². The number of hydrogen-bond acceptors (Lipinski definition) is 3. The molecule has 0 aromatic carbocycles. The van der Waals surface area contributed by atoms with Gasteiger partial charge in [0.2, 0.25) is 5.95 Å². The second-order valence-corrected chi connectivity index (χ2v) is 4.94. The zero-order valence-electron chi connectivity index (χ0n) is 11.2. The van der Waals surface area contributed by atoms with Crippen LogP contribution >= 0.6 is 0 Å². The molecular weight excluding hydrogens is 224 g/mol. The minimum Gasteiger partial charge on any atom is -0.349 e. The Labute approximate surface area is 108 Å². The molecule has 2 heterocycles. The molecule has 0 aliphatic carbocycles. The van der Waals surface area contributed by atoms with E-state index in [9.17, 15) is 0 Å². The van der Waals surface area contributed by atoms with Gasteiger partial charge in [0.15, 0.2) is 0 Å². The van der Waals surface area contributed by atoms with E-state index in [4.69, 9.17) is 0 Å². The summed E-state index contributed by atoms with van der Waals surface area (Å²) < 4.78 is 2.16. The monoisotopic (exact) mass is 244 g/mol. The molecule has 0 saturated carbocycles. The Bertz CT molecular complexity index is 476. The standard InChI is InChI=1S/C14H20N4/c1-11(2)10-18-9-8-16-14(18)17-12(3)13-4-6-15-7-5-13/h4-9,11-12H,10H2,1-3H3,(H,16,17). The SMILES string of the molecule is CC(C)Cn1ccnc1NC(C)c1ccncc1. The quantitative estimate of drug-likeness (QED) is 0.878. The van der Waals surface area contributed by atoms with E-state index in [1.165, 1.54) is 5.56 Å². The second kappa shape index (κ2) is 5.67. The number of imidazole rings is 1. The molecule has 4 heteroatoms. The molecule has 0 aliphatic rings. The van der Waals surface area contributed by atoms with Gasteiger partial charge in [0.05, 0.1) is 6.04 Å². The molecule has 0 fully saturated rings. The van der Waals surface area contributed by atoms with E-state index in [-0.39, 0.29) is 6.04 Å². The molecule has 4 nitrogen and oxygen atoms in total. The van der Waals surface area contributed by atoms with E-state index in [0.717, 1.165) is 12.5 Å². The molecule has 0 amide bonds. The van der Waals surface area contributed by atoms with Crippen molar-refractivity contribution in [2.75, 3.05) is 5.32 Å². The lowest BCUT2D eigenvalue weighted by Crippen LogP contribution is -2.13. The highest BCUT2D eigenvalue weighted by molar-refractivity contribution is 5.31. The fourth-order valence-electron chi connectivity index (χ4n) is 1.92. The van der Waals surface area contributed by atoms with E-state index in [1.807, 2.05) is 36.9 Å². The molecule has 1 unspecified atom stereocenters. The van der Waals surface area contributed by atoms with E-state index >= 15 is 0 Å². The Balaban J connectivity index is 2.08. The van der Waals surface area contributed by atoms with Crippen LogP contribution in [0.1, 0.15) is 32.4 Å². The first-order valence-corrected chi connectivity index (χ1v) is 6.34. The molecule has 2 aromatic rings. The van der Waals surface area contributed by atoms with Crippen LogP contribution < -0.4 is 5.32 Å². The number of hydrogen-bond donors (Lipinski definition) is 1. The minimum absolute atomic E-state index is 0.223. The first-order valence-electron chi connectivity index (χ1n) is 6.34. The summed E-state index contributed by atoms with van der Waals surface area (Å²) >= 11 is 0. The number of nitrogens with zero attached hydrogens (tertiary/aromatic N) is 3. The number of aromatic nitrogens is 3. The van der Waals surface area contributed by atoms with Gasteiger partial charge in [0.1, 0.15) is 0 Å². The minimum atomic E-state index is 0.223. The summed E-state index contributed by atoms with van der Waals surface area (Å²) in [6, 6.07) is 4.27. The van der Waals surface area contributed by atoms with Crippen molar-refractivity contribution in [1.29, 1.82) is 0 Å². The van der Waals surface area contributed by atoms with Crippen LogP contribution in [0.15, 0.2) is 36.9 Å². The summed E-state index contributed by atoms with van der Waals surface area (Å²) in [5.74, 6) is 1.53. The summed E-state index contributed by atoms with van der Waals surface area (Å²) in [7, 11) is 0. The molecule has 0 aliphatic heterocycles. The van der Waals surface area contributed by atoms with Crippen molar-refractivity contribution in [1.82, 2.24) is 14.5 Å². The fourth-order valence-corrected chi connectivity index (χ4v) is 1.92. The third kappa shape index (κ3) is 3.09. The summed E-state index contributed by atoms with van der Waals surface area (Å²) in [6.07, 6.45) is 7.48. The molecule has 0 radical (unpaired) electrons. The van der Waals surface area contributed by atoms with E-state index < -0.39 is 0 Å². The van der Waals surface area contributed by atoms with Crippen molar-refractivity contribution < 1.29 is 0 Å². The van der Waals surface area contributed by atoms with E-state index in [0.29, 0.717) is 5.92 Å². The third-order valence-electron chi connectivity index (χ3n) is 2.83. The summed E-state index contributed by atoms with van der Waals surface area (Å²) in [5, 5.41) is 3.44. The van der Waals surface area contributed by atoms with Gasteiger partial charge in [-0.15, -0.1) is 0 Å². The van der Waals surface area contributed by atoms with Crippen LogP contribution in [0, 0.1) is 5.92 Å². The van der Waals surface area contributed by atoms with Gasteiger partial charge in [0.25, 0.3) is 0 Å². The number of pyridine rings is 1. The summed E-state index contributed by atoms with van der Waals surface area (Å²) in [4.78, 5) is 8.40. The molecular formula is C14H20N4. The average molecular weight is 244 g/mol. The Morgan fingerprint density at radius 1 is 1.17 bits per heavy atom. The molecule has 0 saturated heterocycles. The van der Waals surface area contributed by atoms with Gasteiger partial charge in [-0.2, -0.15) is 0 Å². The maximum absolute atomic E-state index is 4.37. The Hall–Kier alpha value is -1.84. The summed E-state index contributed by atoms with van der Waals surface area (Å²) in [5.41, 5.74) is 1.21. The lowest BCUT2D eigenvalue weighted by molar-refractivity contribution is 0.524. The lowest BCUT2D eigenvalue weighted by Gasteiger charge is -2.17. The highest BCUT2D eigenvalue weighted by Crippen LogP contribution is 2.17. The highest BCUT2D eigenvalue weighted by Gasteiger charge is 2.09. The maximum atomic E-state index is 4.37. The van der Waals surface area contributed by atoms with Gasteiger partial charge >= 0.3 is 0 Å². The second-order valence-electron chi connectivity index (χ2n) is 4.94. The van der Waals surface area contributed by atoms with Crippen LogP contribution in [0.5, 0.6) is 0 Å². The molecule has 96 valence electrons. The number of anilines is 1. The molecule has 0 spiro atoms. The van der Waals surface area contributed by atoms with Crippen molar-refractivity contribution in [2.45, 2.75) is 33.4 Å². The topological polar surface area (TPSA) is 42.7 Å². The first kappa shape index (κ1) is 12.6. The summed E-state index contributed by atoms with van der Waals surface area (Å²) in [6.45, 7) is 7.52. The zero-order valence-corrected chi connectivity index (χ0v) is 11.2. The van der Waals surface area contributed by atoms with Crippen molar-refractivity contribution in [3.8, 4) is 0 Å². The van der Waals surface area contributed by atoms with Crippen LogP contribution in [0.25, 0.3) is 0 Å². The predicted molar refractivity (Wildman–Crippen MR) is 73.3 cm³/mol. The van der Waals surface area contributed by atoms with Gasteiger partial charge in [-0.05, 0) is 30.5 Å². The Morgan fingerprint density at radius 3 is 2.56 bits per heavy atom. The van der Waals surface area contributed by atoms with Crippen LogP contribution in [0.3, 0.4) is 0 Å². The van der Waals surface area contributed by atoms with Crippen LogP contribution in [0.4, 0.5) is 5.95 Å². The van der Waals surface area contributed by atoms with Gasteiger partial charge in [-0.3, -0.25) is 4.98 Å². The molecule has 1 atom stereocenters. The average Bonchev–Trinajstić information content (AvgIpc) is 2.77. The molecule has 1 N–H and O–H groups in total. The highest BCUT2D eigenvalue weighted by atomic mass is 15.2. The third-order valence-corrected chi connectivity index (χ3v) is 2.83. The zero-order chi connectivity index (χ0) is 13.0. The van der Waals surface area contributed by atoms with Crippen molar-refractivity contribution in [2.24, 2.45) is 5.92 Å². The Kier molecular flexibility index (Phi) is 3.97. The van der Waals surface area contributed by atoms with Gasteiger partial charge in [0, 0.05) is 31.3 Å². The largest absolute Gasteiger partial charge is 0.349 e. The van der Waals surface area contributed by atoms with Gasteiger partial charge in [-0.25, -0.2) is 4.98 Å². The molecule has 2 rings (SSSR count). The Morgan fingerprint density at radius 2 is 1.89 bits per heavy atom. The molecule has 0 bridgehead atoms. The van der Waals surface area contributed by atoms with Gasteiger partial charge < -0.3 is 9.88 Å². The van der Waals surface area contributed by atoms with Crippen LogP contribution in [-0.4, -0.2) is 14.5 Å². The normalized spacial score (nSPS) is 12.7. The number of nitrogens with one attached hydrogen (secondary N) is 1. The maximum Gasteiger partial charge on any atom is 0.203 e. The van der Waals surface area contributed by atoms with E-state index in [1.54, 1.807) is 0 Å². The lowest BCUT2D eigenvalue weighted by atomic mass is 10.1. The van der Waals surface area contributed by atoms with E-state index in [2.05, 4.69) is 40.6 Å². The van der Waals surface area contributed by atoms with Crippen LogP contribution in [-0.2, 0) is 6.54 Å².